The van der Waals surface area contributed by atoms with Gasteiger partial charge in [0, 0.05) is 25.4 Å². The van der Waals surface area contributed by atoms with E-state index >= 15 is 0 Å². The van der Waals surface area contributed by atoms with Crippen LogP contribution in [0.2, 0.25) is 0 Å². The standard InChI is InChI=1S/C15H20N2O.CH4/c1-2-5-13(6-3-1)12-18-16-15-8-10-17-9-4-7-14(15)11-17;/h1-3,5-6,14H,4,7-12H2;1H4. The predicted molar refractivity (Wildman–Crippen MR) is 79.2 cm³/mol. The second-order valence-corrected chi connectivity index (χ2v) is 5.23. The van der Waals surface area contributed by atoms with Crippen LogP contribution in [0.5, 0.6) is 0 Å². The molecule has 2 atom stereocenters. The van der Waals surface area contributed by atoms with Gasteiger partial charge in [0.15, 0.2) is 0 Å². The average molecular weight is 260 g/mol. The van der Waals surface area contributed by atoms with Gasteiger partial charge in [-0.2, -0.15) is 0 Å². The van der Waals surface area contributed by atoms with Gasteiger partial charge in [0.1, 0.15) is 6.61 Å². The highest BCUT2D eigenvalue weighted by atomic mass is 16.6. The Labute approximate surface area is 116 Å². The van der Waals surface area contributed by atoms with Crippen molar-refractivity contribution in [2.75, 3.05) is 19.6 Å². The molecule has 0 aliphatic carbocycles. The van der Waals surface area contributed by atoms with Gasteiger partial charge in [-0.05, 0) is 24.9 Å². The van der Waals surface area contributed by atoms with Crippen molar-refractivity contribution in [3.8, 4) is 0 Å². The molecular weight excluding hydrogens is 236 g/mol. The zero-order chi connectivity index (χ0) is 12.2. The van der Waals surface area contributed by atoms with Crippen molar-refractivity contribution >= 4 is 5.71 Å². The minimum Gasteiger partial charge on any atom is -0.391 e. The third-order valence-electron chi connectivity index (χ3n) is 3.92. The summed E-state index contributed by atoms with van der Waals surface area (Å²) in [5.41, 5.74) is 2.46. The maximum absolute atomic E-state index is 5.52. The van der Waals surface area contributed by atoms with Crippen molar-refractivity contribution in [2.45, 2.75) is 33.3 Å². The molecule has 0 aromatic heterocycles. The highest BCUT2D eigenvalue weighted by Gasteiger charge is 2.29. The Hall–Kier alpha value is -1.35. The molecule has 104 valence electrons. The maximum Gasteiger partial charge on any atom is 0.142 e. The molecule has 1 aromatic carbocycles. The average Bonchev–Trinajstić information content (AvgIpc) is 2.43. The largest absolute Gasteiger partial charge is 0.391 e. The van der Waals surface area contributed by atoms with Crippen molar-refractivity contribution < 1.29 is 4.84 Å². The molecule has 3 nitrogen and oxygen atoms in total. The summed E-state index contributed by atoms with van der Waals surface area (Å²) in [5.74, 6) is 0.642. The molecule has 0 spiro atoms. The molecule has 3 rings (SSSR count). The smallest absolute Gasteiger partial charge is 0.142 e. The minimum absolute atomic E-state index is 0. The molecule has 2 aliphatic heterocycles. The number of benzene rings is 1. The van der Waals surface area contributed by atoms with Gasteiger partial charge in [0.05, 0.1) is 5.71 Å². The van der Waals surface area contributed by atoms with Crippen LogP contribution in [0.15, 0.2) is 35.5 Å². The van der Waals surface area contributed by atoms with Gasteiger partial charge in [-0.1, -0.05) is 42.9 Å². The van der Waals surface area contributed by atoms with Gasteiger partial charge in [-0.15, -0.1) is 0 Å². The van der Waals surface area contributed by atoms with E-state index in [1.165, 1.54) is 37.2 Å². The van der Waals surface area contributed by atoms with Gasteiger partial charge in [0.25, 0.3) is 0 Å². The topological polar surface area (TPSA) is 24.8 Å². The third-order valence-corrected chi connectivity index (χ3v) is 3.92. The van der Waals surface area contributed by atoms with Crippen LogP contribution in [-0.4, -0.2) is 30.2 Å². The van der Waals surface area contributed by atoms with E-state index in [1.54, 1.807) is 0 Å². The zero-order valence-electron chi connectivity index (χ0n) is 10.7. The number of fused-ring (bicyclic) bond motifs is 2. The van der Waals surface area contributed by atoms with E-state index in [9.17, 15) is 0 Å². The molecule has 19 heavy (non-hydrogen) atoms. The molecule has 2 aliphatic rings. The fraction of sp³-hybridized carbons (Fsp3) is 0.562. The number of oxime groups is 1. The van der Waals surface area contributed by atoms with E-state index in [-0.39, 0.29) is 7.43 Å². The number of nitrogens with zero attached hydrogens (tertiary/aromatic N) is 2. The lowest BCUT2D eigenvalue weighted by Gasteiger charge is -2.37. The summed E-state index contributed by atoms with van der Waals surface area (Å²) in [4.78, 5) is 8.07. The van der Waals surface area contributed by atoms with E-state index < -0.39 is 0 Å². The van der Waals surface area contributed by atoms with E-state index in [0.717, 1.165) is 13.0 Å². The van der Waals surface area contributed by atoms with Crippen LogP contribution in [0.25, 0.3) is 0 Å². The third kappa shape index (κ3) is 3.57. The van der Waals surface area contributed by atoms with Gasteiger partial charge < -0.3 is 9.74 Å². The minimum atomic E-state index is 0. The normalized spacial score (nSPS) is 27.7. The number of hydrogen-bond donors (Lipinski definition) is 0. The van der Waals surface area contributed by atoms with Crippen LogP contribution in [0.1, 0.15) is 32.3 Å². The van der Waals surface area contributed by atoms with Crippen LogP contribution >= 0.6 is 0 Å². The fourth-order valence-electron chi connectivity index (χ4n) is 2.89. The second-order valence-electron chi connectivity index (χ2n) is 5.23. The van der Waals surface area contributed by atoms with Gasteiger partial charge >= 0.3 is 0 Å². The Balaban J connectivity index is 0.00000133. The highest BCUT2D eigenvalue weighted by molar-refractivity contribution is 5.87. The van der Waals surface area contributed by atoms with E-state index in [1.807, 2.05) is 18.2 Å². The van der Waals surface area contributed by atoms with Crippen LogP contribution in [0.4, 0.5) is 0 Å². The number of hydrogen-bond acceptors (Lipinski definition) is 3. The van der Waals surface area contributed by atoms with Crippen LogP contribution in [-0.2, 0) is 11.4 Å². The Kier molecular flexibility index (Phi) is 4.97. The van der Waals surface area contributed by atoms with Crippen LogP contribution < -0.4 is 0 Å². The molecule has 3 heteroatoms. The van der Waals surface area contributed by atoms with Crippen LogP contribution in [0.3, 0.4) is 0 Å². The first kappa shape index (κ1) is 14.1. The van der Waals surface area contributed by atoms with Gasteiger partial charge in [0.2, 0.25) is 0 Å². The first-order valence-corrected chi connectivity index (χ1v) is 6.87. The monoisotopic (exact) mass is 260 g/mol. The molecule has 0 saturated carbocycles. The van der Waals surface area contributed by atoms with Crippen molar-refractivity contribution in [1.29, 1.82) is 0 Å². The number of rotatable bonds is 3. The lowest BCUT2D eigenvalue weighted by molar-refractivity contribution is 0.120. The van der Waals surface area contributed by atoms with Crippen LogP contribution in [0, 0.1) is 5.92 Å². The Morgan fingerprint density at radius 2 is 2.05 bits per heavy atom. The quantitative estimate of drug-likeness (QED) is 0.779. The first-order chi connectivity index (χ1) is 8.92. The Morgan fingerprint density at radius 1 is 1.21 bits per heavy atom. The Morgan fingerprint density at radius 3 is 2.89 bits per heavy atom. The summed E-state index contributed by atoms with van der Waals surface area (Å²) in [5, 5.41) is 4.39. The van der Waals surface area contributed by atoms with Gasteiger partial charge in [-0.25, -0.2) is 0 Å². The summed E-state index contributed by atoms with van der Waals surface area (Å²) in [7, 11) is 0. The second kappa shape index (κ2) is 6.71. The van der Waals surface area contributed by atoms with Crippen molar-refractivity contribution in [3.63, 3.8) is 0 Å². The molecule has 2 heterocycles. The van der Waals surface area contributed by atoms with Crippen molar-refractivity contribution in [1.82, 2.24) is 4.90 Å². The van der Waals surface area contributed by atoms with Gasteiger partial charge in [-0.3, -0.25) is 0 Å². The Bertz CT molecular complexity index is 416. The molecule has 1 aromatic rings. The van der Waals surface area contributed by atoms with E-state index in [0.29, 0.717) is 12.5 Å². The highest BCUT2D eigenvalue weighted by Crippen LogP contribution is 2.24. The fourth-order valence-corrected chi connectivity index (χ4v) is 2.89. The molecule has 2 fully saturated rings. The molecule has 2 unspecified atom stereocenters. The zero-order valence-corrected chi connectivity index (χ0v) is 10.7. The summed E-state index contributed by atoms with van der Waals surface area (Å²) in [6.45, 7) is 4.20. The SMILES string of the molecule is C.c1ccc(CON=C2CCN3CCCC2C3)cc1. The van der Waals surface area contributed by atoms with E-state index in [4.69, 9.17) is 4.84 Å². The van der Waals surface area contributed by atoms with Crippen molar-refractivity contribution in [3.05, 3.63) is 35.9 Å². The molecular formula is C16H24N2O. The molecule has 0 amide bonds. The summed E-state index contributed by atoms with van der Waals surface area (Å²) in [6.07, 6.45) is 3.67. The molecule has 0 N–H and O–H groups in total. The summed E-state index contributed by atoms with van der Waals surface area (Å²) < 4.78 is 0. The molecule has 0 radical (unpaired) electrons. The molecule has 2 saturated heterocycles. The molecule has 2 bridgehead atoms. The lowest BCUT2D eigenvalue weighted by Crippen LogP contribution is -2.45. The summed E-state index contributed by atoms with van der Waals surface area (Å²) in [6, 6.07) is 10.2. The first-order valence-electron chi connectivity index (χ1n) is 6.87. The predicted octanol–water partition coefficient (Wildman–Crippen LogP) is 3.31. The van der Waals surface area contributed by atoms with Crippen molar-refractivity contribution in [2.24, 2.45) is 11.1 Å². The van der Waals surface area contributed by atoms with E-state index in [2.05, 4.69) is 22.2 Å². The maximum atomic E-state index is 5.52. The summed E-state index contributed by atoms with van der Waals surface area (Å²) >= 11 is 0. The number of piperidine rings is 2. The lowest BCUT2D eigenvalue weighted by atomic mass is 9.88.